The monoisotopic (exact) mass is 442 g/mol. The Labute approximate surface area is 170 Å². The summed E-state index contributed by atoms with van der Waals surface area (Å²) in [7, 11) is -3.82. The Kier molecular flexibility index (Phi) is 6.08. The number of nitrogens with one attached hydrogen (secondary N) is 1. The number of halogens is 3. The van der Waals surface area contributed by atoms with Crippen LogP contribution in [0.5, 0.6) is 0 Å². The van der Waals surface area contributed by atoms with Crippen LogP contribution in [0.1, 0.15) is 24.0 Å². The van der Waals surface area contributed by atoms with Crippen LogP contribution in [-0.4, -0.2) is 37.0 Å². The molecule has 1 N–H and O–H groups in total. The number of nitro benzene ring substituents is 1. The first-order valence-corrected chi connectivity index (χ1v) is 10.3. The van der Waals surface area contributed by atoms with Crippen LogP contribution in [0.25, 0.3) is 0 Å². The summed E-state index contributed by atoms with van der Waals surface area (Å²) in [5.41, 5.74) is 1.43. The maximum absolute atomic E-state index is 12.6. The zero-order chi connectivity index (χ0) is 21.9. The van der Waals surface area contributed by atoms with Crippen molar-refractivity contribution in [3.05, 3.63) is 63.7 Å². The molecule has 0 unspecified atom stereocenters. The lowest BCUT2D eigenvalue weighted by molar-refractivity contribution is -0.384. The van der Waals surface area contributed by atoms with E-state index in [-0.39, 0.29) is 10.6 Å². The molecule has 0 aliphatic carbocycles. The molecule has 0 bridgehead atoms. The van der Waals surface area contributed by atoms with Crippen molar-refractivity contribution < 1.29 is 26.5 Å². The largest absolute Gasteiger partial charge is 0.416 e. The molecule has 0 aromatic heterocycles. The summed E-state index contributed by atoms with van der Waals surface area (Å²) >= 11 is 0. The predicted octanol–water partition coefficient (Wildman–Crippen LogP) is 3.84. The molecular weight excluding hydrogens is 425 g/mol. The van der Waals surface area contributed by atoms with Gasteiger partial charge in [-0.2, -0.15) is 22.6 Å². The summed E-state index contributed by atoms with van der Waals surface area (Å²) in [4.78, 5) is 10.5. The summed E-state index contributed by atoms with van der Waals surface area (Å²) in [6, 6.07) is 7.62. The van der Waals surface area contributed by atoms with Crippen molar-refractivity contribution in [1.29, 1.82) is 0 Å². The van der Waals surface area contributed by atoms with E-state index in [0.717, 1.165) is 31.0 Å². The van der Waals surface area contributed by atoms with Gasteiger partial charge in [0.05, 0.1) is 21.6 Å². The van der Waals surface area contributed by atoms with E-state index in [1.165, 1.54) is 34.8 Å². The summed E-state index contributed by atoms with van der Waals surface area (Å²) in [6.07, 6.45) is -1.79. The number of hydrazone groups is 1. The Bertz CT molecular complexity index is 1060. The van der Waals surface area contributed by atoms with Gasteiger partial charge in [0.2, 0.25) is 10.0 Å². The molecule has 1 heterocycles. The Morgan fingerprint density at radius 3 is 2.30 bits per heavy atom. The minimum absolute atomic E-state index is 0.0523. The zero-order valence-corrected chi connectivity index (χ0v) is 16.3. The van der Waals surface area contributed by atoms with Crippen molar-refractivity contribution in [1.82, 2.24) is 4.31 Å². The zero-order valence-electron chi connectivity index (χ0n) is 15.5. The van der Waals surface area contributed by atoms with Crippen molar-refractivity contribution in [2.75, 3.05) is 18.5 Å². The van der Waals surface area contributed by atoms with Gasteiger partial charge in [-0.1, -0.05) is 12.1 Å². The predicted molar refractivity (Wildman–Crippen MR) is 104 cm³/mol. The molecule has 2 aromatic rings. The number of alkyl halides is 3. The minimum Gasteiger partial charge on any atom is -0.272 e. The highest BCUT2D eigenvalue weighted by Crippen LogP contribution is 2.31. The normalized spacial score (nSPS) is 15.6. The maximum atomic E-state index is 12.6. The third kappa shape index (κ3) is 4.76. The Morgan fingerprint density at radius 2 is 1.73 bits per heavy atom. The number of hydrogen-bond donors (Lipinski definition) is 1. The second-order valence-corrected chi connectivity index (χ2v) is 8.47. The number of rotatable bonds is 6. The molecule has 1 saturated heterocycles. The molecule has 0 amide bonds. The highest BCUT2D eigenvalue weighted by atomic mass is 32.2. The molecule has 1 aliphatic heterocycles. The molecule has 12 heteroatoms. The van der Waals surface area contributed by atoms with Crippen LogP contribution in [0.3, 0.4) is 0 Å². The van der Waals surface area contributed by atoms with E-state index in [9.17, 15) is 31.7 Å². The fraction of sp³-hybridized carbons (Fsp3) is 0.278. The van der Waals surface area contributed by atoms with Gasteiger partial charge in [0.1, 0.15) is 5.69 Å². The van der Waals surface area contributed by atoms with Crippen LogP contribution < -0.4 is 5.43 Å². The van der Waals surface area contributed by atoms with Gasteiger partial charge in [-0.05, 0) is 42.7 Å². The van der Waals surface area contributed by atoms with E-state index in [2.05, 4.69) is 10.5 Å². The van der Waals surface area contributed by atoms with Crippen LogP contribution in [0.4, 0.5) is 24.5 Å². The molecule has 1 aliphatic rings. The highest BCUT2D eigenvalue weighted by molar-refractivity contribution is 7.89. The molecule has 0 saturated carbocycles. The van der Waals surface area contributed by atoms with Gasteiger partial charge in [0.25, 0.3) is 5.69 Å². The van der Waals surface area contributed by atoms with Gasteiger partial charge < -0.3 is 0 Å². The van der Waals surface area contributed by atoms with Crippen LogP contribution in [0, 0.1) is 10.1 Å². The molecule has 2 aromatic carbocycles. The quantitative estimate of drug-likeness (QED) is 0.416. The fourth-order valence-electron chi connectivity index (χ4n) is 2.93. The topological polar surface area (TPSA) is 105 Å². The molecule has 1 fully saturated rings. The van der Waals surface area contributed by atoms with Crippen LogP contribution >= 0.6 is 0 Å². The summed E-state index contributed by atoms with van der Waals surface area (Å²) in [6.45, 7) is 0.737. The van der Waals surface area contributed by atoms with Gasteiger partial charge in [0.15, 0.2) is 0 Å². The van der Waals surface area contributed by atoms with Gasteiger partial charge in [0, 0.05) is 19.2 Å². The third-order valence-corrected chi connectivity index (χ3v) is 6.40. The second-order valence-electron chi connectivity index (χ2n) is 6.54. The smallest absolute Gasteiger partial charge is 0.272 e. The van der Waals surface area contributed by atoms with Crippen molar-refractivity contribution in [2.45, 2.75) is 23.9 Å². The highest BCUT2D eigenvalue weighted by Gasteiger charge is 2.30. The molecule has 0 spiro atoms. The van der Waals surface area contributed by atoms with Gasteiger partial charge in [-0.15, -0.1) is 0 Å². The van der Waals surface area contributed by atoms with Crippen molar-refractivity contribution in [3.63, 3.8) is 0 Å². The average molecular weight is 442 g/mol. The molecule has 3 rings (SSSR count). The number of hydrogen-bond acceptors (Lipinski definition) is 6. The summed E-state index contributed by atoms with van der Waals surface area (Å²) < 4.78 is 64.2. The fourth-order valence-corrected chi connectivity index (χ4v) is 4.47. The van der Waals surface area contributed by atoms with E-state index in [0.29, 0.717) is 18.7 Å². The molecule has 8 nitrogen and oxygen atoms in total. The van der Waals surface area contributed by atoms with Crippen LogP contribution in [-0.2, 0) is 16.2 Å². The average Bonchev–Trinajstić information content (AvgIpc) is 3.23. The lowest BCUT2D eigenvalue weighted by Crippen LogP contribution is -2.27. The van der Waals surface area contributed by atoms with E-state index >= 15 is 0 Å². The SMILES string of the molecule is O=[N+]([O-])c1cc(S(=O)(=O)N2CCCC2)ccc1NN=Cc1ccc(C(F)(F)F)cc1. The van der Waals surface area contributed by atoms with E-state index in [1.54, 1.807) is 0 Å². The maximum Gasteiger partial charge on any atom is 0.416 e. The van der Waals surface area contributed by atoms with Crippen molar-refractivity contribution in [3.8, 4) is 0 Å². The number of nitro groups is 1. The number of benzene rings is 2. The first kappa shape index (κ1) is 21.7. The Morgan fingerprint density at radius 1 is 1.10 bits per heavy atom. The molecular formula is C18H17F3N4O4S. The number of nitrogens with zero attached hydrogens (tertiary/aromatic N) is 3. The number of anilines is 1. The molecule has 30 heavy (non-hydrogen) atoms. The van der Waals surface area contributed by atoms with Crippen LogP contribution in [0.2, 0.25) is 0 Å². The summed E-state index contributed by atoms with van der Waals surface area (Å²) in [5.74, 6) is 0. The summed E-state index contributed by atoms with van der Waals surface area (Å²) in [5, 5.41) is 15.2. The van der Waals surface area contributed by atoms with Gasteiger partial charge in [-0.3, -0.25) is 15.5 Å². The van der Waals surface area contributed by atoms with E-state index in [1.807, 2.05) is 0 Å². The molecule has 0 atom stereocenters. The van der Waals surface area contributed by atoms with Crippen LogP contribution in [0.15, 0.2) is 52.5 Å². The second kappa shape index (κ2) is 8.40. The van der Waals surface area contributed by atoms with Gasteiger partial charge >= 0.3 is 6.18 Å². The van der Waals surface area contributed by atoms with E-state index in [4.69, 9.17) is 0 Å². The Balaban J connectivity index is 1.79. The lowest BCUT2D eigenvalue weighted by atomic mass is 10.1. The van der Waals surface area contributed by atoms with Crippen molar-refractivity contribution in [2.24, 2.45) is 5.10 Å². The third-order valence-electron chi connectivity index (χ3n) is 4.51. The molecule has 0 radical (unpaired) electrons. The first-order chi connectivity index (χ1) is 14.1. The lowest BCUT2D eigenvalue weighted by Gasteiger charge is -2.15. The Hall–Kier alpha value is -2.99. The van der Waals surface area contributed by atoms with Gasteiger partial charge in [-0.25, -0.2) is 8.42 Å². The standard InChI is InChI=1S/C18H17F3N4O4S/c19-18(20,21)14-5-3-13(4-6-14)12-22-23-16-8-7-15(11-17(16)25(26)27)30(28,29)24-9-1-2-10-24/h3-8,11-12,23H,1-2,9-10H2. The first-order valence-electron chi connectivity index (χ1n) is 8.84. The minimum atomic E-state index is -4.45. The van der Waals surface area contributed by atoms with Crippen molar-refractivity contribution >= 4 is 27.6 Å². The van der Waals surface area contributed by atoms with E-state index < -0.39 is 32.4 Å². The molecule has 160 valence electrons. The number of sulfonamides is 1.